The fourth-order valence-corrected chi connectivity index (χ4v) is 1.26. The Morgan fingerprint density at radius 2 is 1.94 bits per heavy atom. The molecule has 0 unspecified atom stereocenters. The molecular formula is C12H17F2NO2. The van der Waals surface area contributed by atoms with Crippen LogP contribution in [0, 0.1) is 11.6 Å². The molecule has 0 fully saturated rings. The summed E-state index contributed by atoms with van der Waals surface area (Å²) in [7, 11) is 1.62. The Bertz CT molecular complexity index is 334. The Morgan fingerprint density at radius 3 is 2.65 bits per heavy atom. The van der Waals surface area contributed by atoms with Gasteiger partial charge in [-0.2, -0.15) is 0 Å². The molecule has 0 aliphatic heterocycles. The van der Waals surface area contributed by atoms with Crippen LogP contribution in [0.1, 0.15) is 6.42 Å². The van der Waals surface area contributed by atoms with Crippen molar-refractivity contribution in [1.29, 1.82) is 0 Å². The topological polar surface area (TPSA) is 30.5 Å². The number of rotatable bonds is 8. The van der Waals surface area contributed by atoms with Gasteiger partial charge in [0.25, 0.3) is 0 Å². The Balaban J connectivity index is 2.11. The summed E-state index contributed by atoms with van der Waals surface area (Å²) in [6, 6.07) is 3.75. The van der Waals surface area contributed by atoms with E-state index in [-0.39, 0.29) is 0 Å². The highest BCUT2D eigenvalue weighted by molar-refractivity contribution is 5.43. The van der Waals surface area contributed by atoms with Crippen LogP contribution in [0.4, 0.5) is 14.5 Å². The maximum atomic E-state index is 12.8. The van der Waals surface area contributed by atoms with E-state index in [2.05, 4.69) is 5.32 Å². The minimum Gasteiger partial charge on any atom is -0.385 e. The van der Waals surface area contributed by atoms with E-state index in [0.29, 0.717) is 32.1 Å². The van der Waals surface area contributed by atoms with Crippen LogP contribution >= 0.6 is 0 Å². The van der Waals surface area contributed by atoms with Crippen molar-refractivity contribution in [2.24, 2.45) is 0 Å². The molecule has 96 valence electrons. The summed E-state index contributed by atoms with van der Waals surface area (Å²) in [5.41, 5.74) is 0.570. The van der Waals surface area contributed by atoms with E-state index >= 15 is 0 Å². The molecule has 0 spiro atoms. The summed E-state index contributed by atoms with van der Waals surface area (Å²) in [5.74, 6) is -1.68. The Labute approximate surface area is 99.7 Å². The van der Waals surface area contributed by atoms with Gasteiger partial charge in [-0.15, -0.1) is 0 Å². The van der Waals surface area contributed by atoms with Crippen LogP contribution in [-0.4, -0.2) is 33.5 Å². The van der Waals surface area contributed by atoms with Gasteiger partial charge in [-0.3, -0.25) is 0 Å². The Morgan fingerprint density at radius 1 is 1.12 bits per heavy atom. The number of methoxy groups -OCH3 is 1. The van der Waals surface area contributed by atoms with Crippen molar-refractivity contribution in [1.82, 2.24) is 0 Å². The fraction of sp³-hybridized carbons (Fsp3) is 0.500. The lowest BCUT2D eigenvalue weighted by Crippen LogP contribution is -2.08. The third-order valence-electron chi connectivity index (χ3n) is 2.15. The zero-order valence-electron chi connectivity index (χ0n) is 9.84. The maximum absolute atomic E-state index is 12.8. The first-order valence-corrected chi connectivity index (χ1v) is 5.49. The van der Waals surface area contributed by atoms with Gasteiger partial charge in [-0.05, 0) is 24.6 Å². The van der Waals surface area contributed by atoms with E-state index in [0.717, 1.165) is 18.6 Å². The van der Waals surface area contributed by atoms with Crippen molar-refractivity contribution < 1.29 is 18.3 Å². The van der Waals surface area contributed by atoms with Gasteiger partial charge in [0.15, 0.2) is 11.6 Å². The summed E-state index contributed by atoms with van der Waals surface area (Å²) >= 11 is 0. The standard InChI is InChI=1S/C12H17F2NO2/c1-16-7-8-17-6-2-5-15-10-3-4-11(13)12(14)9-10/h3-4,9,15H,2,5-8H2,1H3. The number of hydrogen-bond acceptors (Lipinski definition) is 3. The average molecular weight is 245 g/mol. The molecule has 0 aromatic heterocycles. The minimum atomic E-state index is -0.841. The van der Waals surface area contributed by atoms with E-state index in [1.54, 1.807) is 7.11 Å². The van der Waals surface area contributed by atoms with E-state index in [9.17, 15) is 8.78 Å². The van der Waals surface area contributed by atoms with Crippen molar-refractivity contribution in [2.45, 2.75) is 6.42 Å². The van der Waals surface area contributed by atoms with Gasteiger partial charge in [-0.25, -0.2) is 8.78 Å². The monoisotopic (exact) mass is 245 g/mol. The maximum Gasteiger partial charge on any atom is 0.160 e. The van der Waals surface area contributed by atoms with Crippen LogP contribution < -0.4 is 5.32 Å². The van der Waals surface area contributed by atoms with Gasteiger partial charge in [-0.1, -0.05) is 0 Å². The highest BCUT2D eigenvalue weighted by atomic mass is 19.2. The highest BCUT2D eigenvalue weighted by Gasteiger charge is 2.01. The number of ether oxygens (including phenoxy) is 2. The molecule has 3 nitrogen and oxygen atoms in total. The second-order valence-corrected chi connectivity index (χ2v) is 3.51. The molecule has 0 saturated carbocycles. The van der Waals surface area contributed by atoms with Gasteiger partial charge < -0.3 is 14.8 Å². The van der Waals surface area contributed by atoms with Crippen LogP contribution in [0.15, 0.2) is 18.2 Å². The molecule has 0 amide bonds. The molecular weight excluding hydrogens is 228 g/mol. The van der Waals surface area contributed by atoms with Crippen molar-refractivity contribution in [2.75, 3.05) is 38.8 Å². The lowest BCUT2D eigenvalue weighted by Gasteiger charge is -2.07. The summed E-state index contributed by atoms with van der Waals surface area (Å²) in [6.45, 7) is 2.41. The highest BCUT2D eigenvalue weighted by Crippen LogP contribution is 2.12. The number of benzene rings is 1. The van der Waals surface area contributed by atoms with Crippen molar-refractivity contribution in [3.8, 4) is 0 Å². The van der Waals surface area contributed by atoms with E-state index < -0.39 is 11.6 Å². The molecule has 0 radical (unpaired) electrons. The molecule has 1 aromatic rings. The number of halogens is 2. The molecule has 0 atom stereocenters. The van der Waals surface area contributed by atoms with Gasteiger partial charge in [0.05, 0.1) is 13.2 Å². The van der Waals surface area contributed by atoms with Crippen LogP contribution in [0.3, 0.4) is 0 Å². The predicted molar refractivity (Wildman–Crippen MR) is 62.2 cm³/mol. The largest absolute Gasteiger partial charge is 0.385 e. The predicted octanol–water partition coefficient (Wildman–Crippen LogP) is 2.43. The zero-order valence-corrected chi connectivity index (χ0v) is 9.84. The molecule has 0 bridgehead atoms. The molecule has 17 heavy (non-hydrogen) atoms. The molecule has 0 saturated heterocycles. The SMILES string of the molecule is COCCOCCCNc1ccc(F)c(F)c1. The first kappa shape index (κ1) is 13.9. The third-order valence-corrected chi connectivity index (χ3v) is 2.15. The molecule has 1 N–H and O–H groups in total. The van der Waals surface area contributed by atoms with E-state index in [4.69, 9.17) is 9.47 Å². The number of nitrogens with one attached hydrogen (secondary N) is 1. The molecule has 5 heteroatoms. The normalized spacial score (nSPS) is 10.5. The van der Waals surface area contributed by atoms with Gasteiger partial charge in [0.2, 0.25) is 0 Å². The second kappa shape index (κ2) is 7.97. The molecule has 1 aromatic carbocycles. The van der Waals surface area contributed by atoms with E-state index in [1.165, 1.54) is 6.07 Å². The fourth-order valence-electron chi connectivity index (χ4n) is 1.26. The first-order chi connectivity index (χ1) is 8.24. The minimum absolute atomic E-state index is 0.570. The average Bonchev–Trinajstić information content (AvgIpc) is 2.32. The smallest absolute Gasteiger partial charge is 0.160 e. The Hall–Kier alpha value is -1.20. The summed E-state index contributed by atoms with van der Waals surface area (Å²) in [4.78, 5) is 0. The van der Waals surface area contributed by atoms with E-state index in [1.807, 2.05) is 0 Å². The van der Waals surface area contributed by atoms with Crippen molar-refractivity contribution >= 4 is 5.69 Å². The lowest BCUT2D eigenvalue weighted by molar-refractivity contribution is 0.0705. The quantitative estimate of drug-likeness (QED) is 0.713. The zero-order chi connectivity index (χ0) is 12.5. The van der Waals surface area contributed by atoms with Crippen LogP contribution in [0.25, 0.3) is 0 Å². The van der Waals surface area contributed by atoms with Gasteiger partial charge in [0, 0.05) is 25.9 Å². The summed E-state index contributed by atoms with van der Waals surface area (Å²) in [5, 5.41) is 2.99. The number of hydrogen-bond donors (Lipinski definition) is 1. The number of anilines is 1. The van der Waals surface area contributed by atoms with Crippen molar-refractivity contribution in [3.63, 3.8) is 0 Å². The second-order valence-electron chi connectivity index (χ2n) is 3.51. The molecule has 0 aliphatic rings. The van der Waals surface area contributed by atoms with Crippen LogP contribution in [0.5, 0.6) is 0 Å². The lowest BCUT2D eigenvalue weighted by atomic mass is 10.3. The Kier molecular flexibility index (Phi) is 6.50. The van der Waals surface area contributed by atoms with Crippen LogP contribution in [-0.2, 0) is 9.47 Å². The van der Waals surface area contributed by atoms with Crippen molar-refractivity contribution in [3.05, 3.63) is 29.8 Å². The van der Waals surface area contributed by atoms with Gasteiger partial charge >= 0.3 is 0 Å². The first-order valence-electron chi connectivity index (χ1n) is 5.49. The van der Waals surface area contributed by atoms with Gasteiger partial charge in [0.1, 0.15) is 0 Å². The summed E-state index contributed by atoms with van der Waals surface area (Å²) in [6.07, 6.45) is 0.794. The molecule has 0 heterocycles. The molecule has 1 rings (SSSR count). The summed E-state index contributed by atoms with van der Waals surface area (Å²) < 4.78 is 35.5. The van der Waals surface area contributed by atoms with Crippen LogP contribution in [0.2, 0.25) is 0 Å². The third kappa shape index (κ3) is 5.60. The molecule has 0 aliphatic carbocycles.